The van der Waals surface area contributed by atoms with Crippen LogP contribution in [0.3, 0.4) is 0 Å². The third-order valence-corrected chi connectivity index (χ3v) is 2.70. The molecule has 0 spiro atoms. The predicted molar refractivity (Wildman–Crippen MR) is 42.7 cm³/mol. The van der Waals surface area contributed by atoms with E-state index in [0.29, 0.717) is 6.61 Å². The molecule has 0 aromatic heterocycles. The molecule has 1 saturated heterocycles. The van der Waals surface area contributed by atoms with Crippen molar-refractivity contribution in [3.05, 3.63) is 0 Å². The van der Waals surface area contributed by atoms with Crippen LogP contribution < -0.4 is 0 Å². The molecule has 0 N–H and O–H groups in total. The van der Waals surface area contributed by atoms with E-state index in [-0.39, 0.29) is 12.1 Å². The van der Waals surface area contributed by atoms with Gasteiger partial charge in [0.2, 0.25) is 0 Å². The monoisotopic (exact) mass is 170 g/mol. The highest BCUT2D eigenvalue weighted by Crippen LogP contribution is 2.48. The van der Waals surface area contributed by atoms with Crippen molar-refractivity contribution < 1.29 is 14.3 Å². The molecule has 3 nitrogen and oxygen atoms in total. The first-order chi connectivity index (χ1) is 5.79. The maximum atomic E-state index is 11.4. The number of rotatable bonds is 2. The molecule has 0 bridgehead atoms. The highest BCUT2D eigenvalue weighted by molar-refractivity contribution is 5.83. The van der Waals surface area contributed by atoms with Crippen LogP contribution in [0.1, 0.15) is 32.6 Å². The van der Waals surface area contributed by atoms with E-state index in [2.05, 4.69) is 0 Å². The Morgan fingerprint density at radius 2 is 2.50 bits per heavy atom. The maximum Gasteiger partial charge on any atom is 0.341 e. The van der Waals surface area contributed by atoms with Gasteiger partial charge in [-0.25, -0.2) is 4.79 Å². The number of carbonyl (C=O) groups excluding carboxylic acids is 1. The minimum absolute atomic E-state index is 0.144. The Kier molecular flexibility index (Phi) is 1.83. The fraction of sp³-hybridized carbons (Fsp3) is 0.889. The van der Waals surface area contributed by atoms with Crippen LogP contribution >= 0.6 is 0 Å². The normalized spacial score (nSPS) is 38.6. The van der Waals surface area contributed by atoms with Gasteiger partial charge in [0.15, 0.2) is 5.60 Å². The number of ether oxygens (including phenoxy) is 2. The van der Waals surface area contributed by atoms with Crippen LogP contribution in [0.2, 0.25) is 0 Å². The molecule has 2 rings (SSSR count). The Morgan fingerprint density at radius 3 is 3.17 bits per heavy atom. The number of epoxide rings is 1. The van der Waals surface area contributed by atoms with Gasteiger partial charge in [-0.3, -0.25) is 0 Å². The summed E-state index contributed by atoms with van der Waals surface area (Å²) in [5.41, 5.74) is -0.506. The third-order valence-electron chi connectivity index (χ3n) is 2.70. The lowest BCUT2D eigenvalue weighted by molar-refractivity contribution is -0.150. The predicted octanol–water partition coefficient (Wildman–Crippen LogP) is 1.26. The minimum atomic E-state index is -0.506. The zero-order valence-electron chi connectivity index (χ0n) is 7.34. The molecule has 1 aliphatic heterocycles. The number of carbonyl (C=O) groups is 1. The summed E-state index contributed by atoms with van der Waals surface area (Å²) in [5.74, 6) is -0.144. The van der Waals surface area contributed by atoms with E-state index in [1.807, 2.05) is 6.92 Å². The molecule has 0 radical (unpaired) electrons. The van der Waals surface area contributed by atoms with Crippen molar-refractivity contribution in [1.82, 2.24) is 0 Å². The van der Waals surface area contributed by atoms with E-state index in [1.165, 1.54) is 6.42 Å². The van der Waals surface area contributed by atoms with Crippen LogP contribution in [-0.4, -0.2) is 24.3 Å². The lowest BCUT2D eigenvalue weighted by Gasteiger charge is -2.14. The summed E-state index contributed by atoms with van der Waals surface area (Å²) in [4.78, 5) is 11.4. The molecule has 0 amide bonds. The van der Waals surface area contributed by atoms with E-state index in [9.17, 15) is 4.79 Å². The Hall–Kier alpha value is -0.570. The summed E-state index contributed by atoms with van der Waals surface area (Å²) in [5, 5.41) is 0. The van der Waals surface area contributed by atoms with E-state index in [4.69, 9.17) is 9.47 Å². The van der Waals surface area contributed by atoms with Gasteiger partial charge in [-0.15, -0.1) is 0 Å². The van der Waals surface area contributed by atoms with E-state index in [1.54, 1.807) is 0 Å². The summed E-state index contributed by atoms with van der Waals surface area (Å²) in [6.07, 6.45) is 4.33. The van der Waals surface area contributed by atoms with E-state index in [0.717, 1.165) is 19.3 Å². The fourth-order valence-corrected chi connectivity index (χ4v) is 1.98. The molecular formula is C9H14O3. The van der Waals surface area contributed by atoms with Gasteiger partial charge in [-0.2, -0.15) is 0 Å². The smallest absolute Gasteiger partial charge is 0.341 e. The molecule has 0 aromatic rings. The first-order valence-corrected chi connectivity index (χ1v) is 4.64. The summed E-state index contributed by atoms with van der Waals surface area (Å²) in [6, 6.07) is 0. The van der Waals surface area contributed by atoms with Gasteiger partial charge in [0, 0.05) is 0 Å². The van der Waals surface area contributed by atoms with Gasteiger partial charge in [0.1, 0.15) is 0 Å². The topological polar surface area (TPSA) is 38.8 Å². The van der Waals surface area contributed by atoms with Crippen LogP contribution in [-0.2, 0) is 14.3 Å². The molecule has 2 fully saturated rings. The number of hydrogen-bond donors (Lipinski definition) is 0. The molecule has 2 atom stereocenters. The minimum Gasteiger partial charge on any atom is -0.464 e. The second-order valence-electron chi connectivity index (χ2n) is 3.46. The number of esters is 1. The van der Waals surface area contributed by atoms with Crippen molar-refractivity contribution in [2.24, 2.45) is 0 Å². The zero-order valence-corrected chi connectivity index (χ0v) is 7.34. The average Bonchev–Trinajstić information content (AvgIpc) is 2.79. The molecule has 2 unspecified atom stereocenters. The molecule has 1 heterocycles. The molecular weight excluding hydrogens is 156 g/mol. The van der Waals surface area contributed by atoms with Crippen LogP contribution in [0.15, 0.2) is 0 Å². The molecule has 3 heteroatoms. The van der Waals surface area contributed by atoms with Gasteiger partial charge in [-0.05, 0) is 26.2 Å². The Labute approximate surface area is 72.0 Å². The van der Waals surface area contributed by atoms with Crippen LogP contribution in [0, 0.1) is 0 Å². The first kappa shape index (κ1) is 8.05. The molecule has 1 aliphatic carbocycles. The first-order valence-electron chi connectivity index (χ1n) is 4.64. The standard InChI is InChI=1S/C9H14O3/c1-2-11-8(10)9-6-4-3-5-7(9)12-9/h7H,2-6H2,1H3. The van der Waals surface area contributed by atoms with Crippen LogP contribution in [0.5, 0.6) is 0 Å². The van der Waals surface area contributed by atoms with Crippen molar-refractivity contribution in [2.75, 3.05) is 6.61 Å². The third kappa shape index (κ3) is 1.04. The Bertz CT molecular complexity index is 202. The lowest BCUT2D eigenvalue weighted by atomic mass is 9.89. The van der Waals surface area contributed by atoms with Crippen molar-refractivity contribution in [2.45, 2.75) is 44.3 Å². The lowest BCUT2D eigenvalue weighted by Crippen LogP contribution is -2.31. The zero-order chi connectivity index (χ0) is 8.60. The molecule has 1 saturated carbocycles. The maximum absolute atomic E-state index is 11.4. The van der Waals surface area contributed by atoms with Crippen molar-refractivity contribution in [1.29, 1.82) is 0 Å². The van der Waals surface area contributed by atoms with Crippen LogP contribution in [0.25, 0.3) is 0 Å². The van der Waals surface area contributed by atoms with Gasteiger partial charge in [0.05, 0.1) is 12.7 Å². The van der Waals surface area contributed by atoms with E-state index >= 15 is 0 Å². The van der Waals surface area contributed by atoms with Gasteiger partial charge >= 0.3 is 5.97 Å². The summed E-state index contributed by atoms with van der Waals surface area (Å²) in [6.45, 7) is 2.28. The van der Waals surface area contributed by atoms with Gasteiger partial charge in [-0.1, -0.05) is 6.42 Å². The van der Waals surface area contributed by atoms with Gasteiger partial charge in [0.25, 0.3) is 0 Å². The van der Waals surface area contributed by atoms with Crippen molar-refractivity contribution in [3.63, 3.8) is 0 Å². The summed E-state index contributed by atoms with van der Waals surface area (Å²) in [7, 11) is 0. The molecule has 0 aromatic carbocycles. The summed E-state index contributed by atoms with van der Waals surface area (Å²) < 4.78 is 10.4. The fourth-order valence-electron chi connectivity index (χ4n) is 1.98. The van der Waals surface area contributed by atoms with E-state index < -0.39 is 5.60 Å². The number of fused-ring (bicyclic) bond motifs is 1. The second kappa shape index (κ2) is 2.73. The average molecular weight is 170 g/mol. The highest BCUT2D eigenvalue weighted by Gasteiger charge is 2.64. The summed E-state index contributed by atoms with van der Waals surface area (Å²) >= 11 is 0. The van der Waals surface area contributed by atoms with Crippen molar-refractivity contribution >= 4 is 5.97 Å². The van der Waals surface area contributed by atoms with Crippen molar-refractivity contribution in [3.8, 4) is 0 Å². The molecule has 68 valence electrons. The largest absolute Gasteiger partial charge is 0.464 e. The molecule has 12 heavy (non-hydrogen) atoms. The number of hydrogen-bond acceptors (Lipinski definition) is 3. The van der Waals surface area contributed by atoms with Gasteiger partial charge < -0.3 is 9.47 Å². The SMILES string of the molecule is CCOC(=O)C12CCCCC1O2. The van der Waals surface area contributed by atoms with Crippen LogP contribution in [0.4, 0.5) is 0 Å². The quantitative estimate of drug-likeness (QED) is 0.462. The highest BCUT2D eigenvalue weighted by atomic mass is 16.7. The Morgan fingerprint density at radius 1 is 1.67 bits per heavy atom. The Balaban J connectivity index is 1.98. The second-order valence-corrected chi connectivity index (χ2v) is 3.46. The molecule has 2 aliphatic rings.